The first-order valence-electron chi connectivity index (χ1n) is 7.98. The lowest BCUT2D eigenvalue weighted by molar-refractivity contribution is 0.0690. The number of hydrogen-bond donors (Lipinski definition) is 2. The molecule has 0 bridgehead atoms. The standard InChI is InChI=1S/C17H18ClN5O2S/c1-9-12(15(18)23(22-9)13-6-4-5-7-19-13)8-20-10(2)16-21-14(17(24)25)11(3)26-16/h4-7,10,20H,8H2,1-3H3,(H,24,25). The van der Waals surface area contributed by atoms with E-state index in [1.54, 1.807) is 17.8 Å². The van der Waals surface area contributed by atoms with Crippen molar-refractivity contribution in [3.8, 4) is 5.82 Å². The number of aromatic nitrogens is 4. The monoisotopic (exact) mass is 391 g/mol. The van der Waals surface area contributed by atoms with Crippen LogP contribution < -0.4 is 5.32 Å². The molecule has 0 aliphatic carbocycles. The molecule has 0 saturated heterocycles. The first kappa shape index (κ1) is 18.5. The molecular weight excluding hydrogens is 374 g/mol. The van der Waals surface area contributed by atoms with Gasteiger partial charge in [-0.3, -0.25) is 0 Å². The quantitative estimate of drug-likeness (QED) is 0.667. The Bertz CT molecular complexity index is 938. The highest BCUT2D eigenvalue weighted by Gasteiger charge is 2.20. The van der Waals surface area contributed by atoms with Crippen molar-refractivity contribution in [2.45, 2.75) is 33.4 Å². The van der Waals surface area contributed by atoms with Crippen LogP contribution in [0.25, 0.3) is 5.82 Å². The molecular formula is C17H18ClN5O2S. The lowest BCUT2D eigenvalue weighted by atomic mass is 10.2. The van der Waals surface area contributed by atoms with Crippen molar-refractivity contribution in [2.24, 2.45) is 0 Å². The summed E-state index contributed by atoms with van der Waals surface area (Å²) in [5.74, 6) is -0.353. The number of pyridine rings is 1. The normalized spacial score (nSPS) is 12.3. The first-order chi connectivity index (χ1) is 12.4. The van der Waals surface area contributed by atoms with Crippen molar-refractivity contribution in [3.05, 3.63) is 56.4 Å². The van der Waals surface area contributed by atoms with Gasteiger partial charge in [-0.2, -0.15) is 5.10 Å². The Morgan fingerprint density at radius 1 is 1.42 bits per heavy atom. The van der Waals surface area contributed by atoms with Gasteiger partial charge in [-0.1, -0.05) is 17.7 Å². The van der Waals surface area contributed by atoms with Crippen LogP contribution in [-0.2, 0) is 6.54 Å². The van der Waals surface area contributed by atoms with E-state index in [-0.39, 0.29) is 11.7 Å². The average Bonchev–Trinajstić information content (AvgIpc) is 3.14. The van der Waals surface area contributed by atoms with Crippen LogP contribution in [0, 0.1) is 13.8 Å². The molecule has 0 fully saturated rings. The van der Waals surface area contributed by atoms with E-state index >= 15 is 0 Å². The van der Waals surface area contributed by atoms with Gasteiger partial charge in [0.2, 0.25) is 0 Å². The number of carboxylic acids is 1. The Morgan fingerprint density at radius 3 is 2.81 bits per heavy atom. The molecule has 0 saturated carbocycles. The van der Waals surface area contributed by atoms with Crippen molar-refractivity contribution in [2.75, 3.05) is 0 Å². The van der Waals surface area contributed by atoms with Gasteiger partial charge < -0.3 is 10.4 Å². The molecule has 3 heterocycles. The van der Waals surface area contributed by atoms with Gasteiger partial charge in [0.15, 0.2) is 11.5 Å². The summed E-state index contributed by atoms with van der Waals surface area (Å²) in [5, 5.41) is 18.2. The molecule has 0 aromatic carbocycles. The largest absolute Gasteiger partial charge is 0.476 e. The van der Waals surface area contributed by atoms with E-state index in [1.807, 2.05) is 32.0 Å². The molecule has 0 aliphatic heterocycles. The Hall–Kier alpha value is -2.29. The number of thiazole rings is 1. The zero-order valence-corrected chi connectivity index (χ0v) is 16.1. The van der Waals surface area contributed by atoms with Gasteiger partial charge in [-0.25, -0.2) is 19.4 Å². The second-order valence-corrected chi connectivity index (χ2v) is 7.41. The maximum Gasteiger partial charge on any atom is 0.355 e. The number of carboxylic acid groups (broad SMARTS) is 1. The van der Waals surface area contributed by atoms with E-state index in [0.717, 1.165) is 16.3 Å². The van der Waals surface area contributed by atoms with Crippen LogP contribution in [0.5, 0.6) is 0 Å². The SMILES string of the molecule is Cc1nn(-c2ccccn2)c(Cl)c1CNC(C)c1nc(C(=O)O)c(C)s1. The highest BCUT2D eigenvalue weighted by atomic mass is 35.5. The van der Waals surface area contributed by atoms with Crippen molar-refractivity contribution in [3.63, 3.8) is 0 Å². The predicted molar refractivity (Wildman–Crippen MR) is 100 cm³/mol. The van der Waals surface area contributed by atoms with Gasteiger partial charge in [0, 0.05) is 23.2 Å². The number of nitrogens with one attached hydrogen (secondary N) is 1. The third-order valence-electron chi connectivity index (χ3n) is 3.96. The number of halogens is 1. The minimum Gasteiger partial charge on any atom is -0.476 e. The van der Waals surface area contributed by atoms with E-state index < -0.39 is 5.97 Å². The lowest BCUT2D eigenvalue weighted by Crippen LogP contribution is -2.18. The minimum absolute atomic E-state index is 0.107. The summed E-state index contributed by atoms with van der Waals surface area (Å²) in [6.45, 7) is 6.08. The summed E-state index contributed by atoms with van der Waals surface area (Å²) in [7, 11) is 0. The van der Waals surface area contributed by atoms with Crippen LogP contribution in [0.3, 0.4) is 0 Å². The number of nitrogens with zero attached hydrogens (tertiary/aromatic N) is 4. The van der Waals surface area contributed by atoms with Crippen molar-refractivity contribution in [1.82, 2.24) is 25.1 Å². The molecule has 3 aromatic heterocycles. The molecule has 1 unspecified atom stereocenters. The van der Waals surface area contributed by atoms with Gasteiger partial charge >= 0.3 is 5.97 Å². The summed E-state index contributed by atoms with van der Waals surface area (Å²) < 4.78 is 1.61. The van der Waals surface area contributed by atoms with Crippen LogP contribution in [0.4, 0.5) is 0 Å². The molecule has 3 aromatic rings. The van der Waals surface area contributed by atoms with E-state index in [0.29, 0.717) is 22.4 Å². The number of aromatic carboxylic acids is 1. The molecule has 2 N–H and O–H groups in total. The molecule has 1 atom stereocenters. The topological polar surface area (TPSA) is 92.9 Å². The molecule has 3 rings (SSSR count). The zero-order chi connectivity index (χ0) is 18.8. The molecule has 0 spiro atoms. The van der Waals surface area contributed by atoms with Gasteiger partial charge in [0.1, 0.15) is 10.2 Å². The zero-order valence-electron chi connectivity index (χ0n) is 14.5. The van der Waals surface area contributed by atoms with Crippen LogP contribution in [0.1, 0.15) is 44.6 Å². The highest BCUT2D eigenvalue weighted by Crippen LogP contribution is 2.26. The fourth-order valence-corrected chi connectivity index (χ4v) is 3.77. The lowest BCUT2D eigenvalue weighted by Gasteiger charge is -2.11. The van der Waals surface area contributed by atoms with Gasteiger partial charge in [-0.05, 0) is 32.9 Å². The van der Waals surface area contributed by atoms with Gasteiger partial charge in [-0.15, -0.1) is 11.3 Å². The average molecular weight is 392 g/mol. The summed E-state index contributed by atoms with van der Waals surface area (Å²) in [6.07, 6.45) is 1.69. The summed E-state index contributed by atoms with van der Waals surface area (Å²) in [5.41, 5.74) is 1.79. The fraction of sp³-hybridized carbons (Fsp3) is 0.294. The van der Waals surface area contributed by atoms with E-state index in [2.05, 4.69) is 20.4 Å². The number of carbonyl (C=O) groups is 1. The van der Waals surface area contributed by atoms with Crippen LogP contribution in [0.15, 0.2) is 24.4 Å². The van der Waals surface area contributed by atoms with Gasteiger partial charge in [0.05, 0.1) is 11.7 Å². The number of rotatable bonds is 6. The van der Waals surface area contributed by atoms with Crippen molar-refractivity contribution >= 4 is 28.9 Å². The molecule has 136 valence electrons. The summed E-state index contributed by atoms with van der Waals surface area (Å²) >= 11 is 7.87. The highest BCUT2D eigenvalue weighted by molar-refractivity contribution is 7.11. The van der Waals surface area contributed by atoms with Crippen LogP contribution >= 0.6 is 22.9 Å². The van der Waals surface area contributed by atoms with Crippen molar-refractivity contribution in [1.29, 1.82) is 0 Å². The Balaban J connectivity index is 1.77. The van der Waals surface area contributed by atoms with E-state index in [1.165, 1.54) is 11.3 Å². The molecule has 7 nitrogen and oxygen atoms in total. The van der Waals surface area contributed by atoms with Crippen molar-refractivity contribution < 1.29 is 9.90 Å². The predicted octanol–water partition coefficient (Wildman–Crippen LogP) is 3.54. The summed E-state index contributed by atoms with van der Waals surface area (Å²) in [4.78, 5) is 20.3. The Kier molecular flexibility index (Phi) is 5.36. The third kappa shape index (κ3) is 3.62. The second kappa shape index (κ2) is 7.53. The van der Waals surface area contributed by atoms with E-state index in [4.69, 9.17) is 16.7 Å². The van der Waals surface area contributed by atoms with Crippen LogP contribution in [-0.4, -0.2) is 30.8 Å². The molecule has 0 radical (unpaired) electrons. The van der Waals surface area contributed by atoms with Gasteiger partial charge in [0.25, 0.3) is 0 Å². The fourth-order valence-electron chi connectivity index (χ4n) is 2.51. The smallest absolute Gasteiger partial charge is 0.355 e. The maximum atomic E-state index is 11.2. The number of aryl methyl sites for hydroxylation is 2. The molecule has 0 aliphatic rings. The second-order valence-electron chi connectivity index (χ2n) is 5.82. The Labute approximate surface area is 159 Å². The summed E-state index contributed by atoms with van der Waals surface area (Å²) in [6, 6.07) is 5.43. The molecule has 26 heavy (non-hydrogen) atoms. The number of hydrogen-bond acceptors (Lipinski definition) is 6. The molecule has 0 amide bonds. The maximum absolute atomic E-state index is 11.2. The van der Waals surface area contributed by atoms with E-state index in [9.17, 15) is 4.79 Å². The minimum atomic E-state index is -1.01. The first-order valence-corrected chi connectivity index (χ1v) is 9.17. The Morgan fingerprint density at radius 2 is 2.19 bits per heavy atom. The molecule has 9 heteroatoms. The third-order valence-corrected chi connectivity index (χ3v) is 5.50. The van der Waals surface area contributed by atoms with Crippen LogP contribution in [0.2, 0.25) is 5.15 Å².